The summed E-state index contributed by atoms with van der Waals surface area (Å²) in [6.07, 6.45) is 0.466. The second-order valence-corrected chi connectivity index (χ2v) is 19.7. The van der Waals surface area contributed by atoms with E-state index in [-0.39, 0.29) is 87.0 Å². The Morgan fingerprint density at radius 1 is 0.958 bits per heavy atom. The number of benzene rings is 3. The fraction of sp³-hybridized carbons (Fsp3) is 0.412. The fourth-order valence-electron chi connectivity index (χ4n) is 8.42. The minimum atomic E-state index is -0.988. The van der Waals surface area contributed by atoms with Gasteiger partial charge in [-0.1, -0.05) is 62.3 Å². The third-order valence-electron chi connectivity index (χ3n) is 12.3. The van der Waals surface area contributed by atoms with Crippen molar-refractivity contribution >= 4 is 46.8 Å². The minimum absolute atomic E-state index is 0.0188. The molecule has 1 aliphatic carbocycles. The summed E-state index contributed by atoms with van der Waals surface area (Å²) in [4.78, 5) is 86.8. The zero-order valence-corrected chi connectivity index (χ0v) is 41.4. The second-order valence-electron chi connectivity index (χ2n) is 18.9. The van der Waals surface area contributed by atoms with Gasteiger partial charge in [-0.2, -0.15) is 0 Å². The van der Waals surface area contributed by atoms with Crippen LogP contribution in [-0.2, 0) is 36.9 Å². The van der Waals surface area contributed by atoms with Crippen molar-refractivity contribution in [3.8, 4) is 33.3 Å². The summed E-state index contributed by atoms with van der Waals surface area (Å²) >= 11 is 1.56. The Kier molecular flexibility index (Phi) is 16.5. The number of phenolic OH excluding ortho intramolecular Hbond substituents is 1. The molecule has 3 heterocycles. The highest BCUT2D eigenvalue weighted by Crippen LogP contribution is 2.35. The van der Waals surface area contributed by atoms with E-state index in [4.69, 9.17) is 14.0 Å². The molecular formula is C51H60N8O11S. The number of fused-ring (bicyclic) bond motifs is 1. The molecule has 2 aliphatic rings. The van der Waals surface area contributed by atoms with Crippen molar-refractivity contribution in [3.05, 3.63) is 106 Å². The van der Waals surface area contributed by atoms with Gasteiger partial charge in [0, 0.05) is 58.2 Å². The van der Waals surface area contributed by atoms with Crippen molar-refractivity contribution in [1.82, 2.24) is 41.2 Å². The Hall–Kier alpha value is -7.16. The molecule has 0 radical (unpaired) electrons. The van der Waals surface area contributed by atoms with Gasteiger partial charge in [-0.15, -0.1) is 11.3 Å². The molecule has 71 heavy (non-hydrogen) atoms. The quantitative estimate of drug-likeness (QED) is 0.0632. The lowest BCUT2D eigenvalue weighted by Crippen LogP contribution is -2.57. The number of β-amino-alcohol motifs (C(OH)–C–C–N with tert-alkyl or cyclic N) is 1. The molecule has 1 saturated heterocycles. The van der Waals surface area contributed by atoms with Crippen LogP contribution in [0, 0.1) is 12.3 Å². The van der Waals surface area contributed by atoms with Crippen LogP contribution in [0.1, 0.15) is 89.3 Å². The first-order chi connectivity index (χ1) is 33.9. The molecule has 2 aromatic heterocycles. The number of nitrogens with zero attached hydrogens (tertiary/aromatic N) is 4. The van der Waals surface area contributed by atoms with E-state index in [1.165, 1.54) is 28.0 Å². The number of phenols is 1. The van der Waals surface area contributed by atoms with Crippen LogP contribution in [0.4, 0.5) is 0 Å². The predicted octanol–water partition coefficient (Wildman–Crippen LogP) is 4.31. The lowest BCUT2D eigenvalue weighted by Gasteiger charge is -2.35. The Balaban J connectivity index is 0.809. The molecular weight excluding hydrogens is 933 g/mol. The maximum absolute atomic E-state index is 14.0. The monoisotopic (exact) mass is 992 g/mol. The molecule has 7 rings (SSSR count). The summed E-state index contributed by atoms with van der Waals surface area (Å²) in [5.41, 5.74) is 6.40. The number of thiazole rings is 1. The van der Waals surface area contributed by atoms with Crippen LogP contribution in [0.15, 0.2) is 76.8 Å². The van der Waals surface area contributed by atoms with Gasteiger partial charge in [-0.25, -0.2) is 4.98 Å². The molecule has 0 saturated carbocycles. The van der Waals surface area contributed by atoms with Crippen molar-refractivity contribution < 1.29 is 53.0 Å². The average Bonchev–Trinajstić information content (AvgIpc) is 4.17. The van der Waals surface area contributed by atoms with E-state index in [0.29, 0.717) is 17.7 Å². The van der Waals surface area contributed by atoms with E-state index in [1.807, 2.05) is 58.0 Å². The summed E-state index contributed by atoms with van der Waals surface area (Å²) in [7, 11) is 3.16. The molecule has 0 bridgehead atoms. The van der Waals surface area contributed by atoms with E-state index in [9.17, 15) is 39.0 Å². The van der Waals surface area contributed by atoms with Gasteiger partial charge < -0.3 is 55.3 Å². The van der Waals surface area contributed by atoms with Crippen molar-refractivity contribution in [1.29, 1.82) is 0 Å². The maximum atomic E-state index is 14.0. The highest BCUT2D eigenvalue weighted by Gasteiger charge is 2.44. The number of ether oxygens (including phenoxy) is 2. The number of aliphatic hydroxyl groups excluding tert-OH is 1. The van der Waals surface area contributed by atoms with E-state index in [0.717, 1.165) is 39.2 Å². The van der Waals surface area contributed by atoms with Crippen LogP contribution in [-0.4, -0.2) is 131 Å². The summed E-state index contributed by atoms with van der Waals surface area (Å²) in [6, 6.07) is 16.9. The number of amides is 6. The number of aryl methyl sites for hydroxylation is 2. The second kappa shape index (κ2) is 22.7. The van der Waals surface area contributed by atoms with Crippen LogP contribution in [0.5, 0.6) is 11.5 Å². The standard InChI is InChI=1S/C51H60N8O11S/c1-29-45(71-28-54-29)32-9-7-30(8-10-32)25-53-48(65)40-22-34(60)26-59(40)50(67)46(51(2,3)4)56-43(62)17-19-68-20-18-52-44(63)27-69-35-14-11-31-13-16-38(37(31)23-35)55-47(64)39-24-42(70-57-39)33-12-15-36(41(61)21-33)49(66)58(5)6/h7-12,14-15,21,23-24,28,34,38,40,46,60-61H,13,16-20,22,25-27H2,1-6H3,(H,52,63)(H,53,65)(H,55,64)(H,56,62)/t34-,38-,40+,46-/m1/s1. The largest absolute Gasteiger partial charge is 0.507 e. The smallest absolute Gasteiger partial charge is 0.273 e. The number of aliphatic hydroxyl groups is 1. The van der Waals surface area contributed by atoms with E-state index < -0.39 is 53.1 Å². The third-order valence-corrected chi connectivity index (χ3v) is 13.3. The number of likely N-dealkylation sites (tertiary alicyclic amines) is 1. The number of hydrogen-bond acceptors (Lipinski definition) is 14. The van der Waals surface area contributed by atoms with E-state index in [2.05, 4.69) is 31.4 Å². The molecule has 5 aromatic rings. The molecule has 19 nitrogen and oxygen atoms in total. The van der Waals surface area contributed by atoms with Crippen LogP contribution in [0.3, 0.4) is 0 Å². The fourth-order valence-corrected chi connectivity index (χ4v) is 9.23. The Morgan fingerprint density at radius 3 is 2.42 bits per heavy atom. The van der Waals surface area contributed by atoms with Crippen LogP contribution >= 0.6 is 11.3 Å². The van der Waals surface area contributed by atoms with Gasteiger partial charge in [0.25, 0.3) is 17.7 Å². The van der Waals surface area contributed by atoms with Gasteiger partial charge in [0.2, 0.25) is 17.7 Å². The lowest BCUT2D eigenvalue weighted by molar-refractivity contribution is -0.144. The van der Waals surface area contributed by atoms with Gasteiger partial charge in [0.05, 0.1) is 47.0 Å². The molecule has 6 amide bonds. The number of hydrogen-bond donors (Lipinski definition) is 6. The summed E-state index contributed by atoms with van der Waals surface area (Å²) < 4.78 is 16.8. The Bertz CT molecular complexity index is 2750. The lowest BCUT2D eigenvalue weighted by atomic mass is 9.85. The number of carbonyl (C=O) groups excluding carboxylic acids is 6. The van der Waals surface area contributed by atoms with Gasteiger partial charge >= 0.3 is 0 Å². The number of aromatic hydroxyl groups is 1. The SMILES string of the molecule is Cc1ncsc1-c1ccc(CNC(=O)[C@@H]2C[C@@H](O)CN2C(=O)[C@@H](NC(=O)CCOCCNC(=O)COc2ccc3c(c2)[C@H](NC(=O)c2cc(-c4ccc(C(=O)N(C)C)c(O)c4)on2)CC3)C(C)(C)C)cc1. The minimum Gasteiger partial charge on any atom is -0.507 e. The zero-order valence-electron chi connectivity index (χ0n) is 40.6. The molecule has 0 unspecified atom stereocenters. The Labute approximate surface area is 415 Å². The number of nitrogens with one attached hydrogen (secondary N) is 4. The van der Waals surface area contributed by atoms with Crippen LogP contribution in [0.2, 0.25) is 0 Å². The van der Waals surface area contributed by atoms with Crippen molar-refractivity contribution in [2.24, 2.45) is 5.41 Å². The van der Waals surface area contributed by atoms with Gasteiger partial charge in [-0.05, 0) is 71.7 Å². The maximum Gasteiger partial charge on any atom is 0.273 e. The number of rotatable bonds is 19. The number of aromatic nitrogens is 2. The summed E-state index contributed by atoms with van der Waals surface area (Å²) in [5, 5.41) is 36.3. The van der Waals surface area contributed by atoms with Crippen molar-refractivity contribution in [3.63, 3.8) is 0 Å². The topological polar surface area (TPSA) is 255 Å². The van der Waals surface area contributed by atoms with Gasteiger partial charge in [-0.3, -0.25) is 28.8 Å². The normalized spacial score (nSPS) is 16.7. The van der Waals surface area contributed by atoms with E-state index in [1.54, 1.807) is 49.1 Å². The summed E-state index contributed by atoms with van der Waals surface area (Å²) in [5.74, 6) is -2.07. The first-order valence-electron chi connectivity index (χ1n) is 23.3. The highest BCUT2D eigenvalue weighted by atomic mass is 32.1. The molecule has 1 fully saturated rings. The van der Waals surface area contributed by atoms with Crippen molar-refractivity contribution in [2.45, 2.75) is 84.2 Å². The Morgan fingerprint density at radius 2 is 1.72 bits per heavy atom. The van der Waals surface area contributed by atoms with Crippen molar-refractivity contribution in [2.75, 3.05) is 47.0 Å². The molecule has 6 N–H and O–H groups in total. The van der Waals surface area contributed by atoms with Crippen LogP contribution in [0.25, 0.3) is 21.8 Å². The van der Waals surface area contributed by atoms with Gasteiger partial charge in [0.1, 0.15) is 23.6 Å². The first kappa shape index (κ1) is 51.7. The van der Waals surface area contributed by atoms with E-state index >= 15 is 0 Å². The number of carbonyl (C=O) groups is 6. The molecule has 4 atom stereocenters. The van der Waals surface area contributed by atoms with Crippen LogP contribution < -0.4 is 26.0 Å². The highest BCUT2D eigenvalue weighted by molar-refractivity contribution is 7.13. The summed E-state index contributed by atoms with van der Waals surface area (Å²) in [6.45, 7) is 7.58. The molecule has 0 spiro atoms. The third kappa shape index (κ3) is 13.0. The zero-order chi connectivity index (χ0) is 51.0. The predicted molar refractivity (Wildman–Crippen MR) is 262 cm³/mol. The first-order valence-corrected chi connectivity index (χ1v) is 24.2. The molecule has 376 valence electrons. The molecule has 20 heteroatoms. The van der Waals surface area contributed by atoms with Gasteiger partial charge in [0.15, 0.2) is 18.1 Å². The molecule has 1 aliphatic heterocycles. The average molecular weight is 993 g/mol. The molecule has 3 aromatic carbocycles.